The molecule has 2 aliphatic rings. The highest BCUT2D eigenvalue weighted by molar-refractivity contribution is 5.94. The number of ketones is 1. The van der Waals surface area contributed by atoms with Crippen molar-refractivity contribution in [1.82, 2.24) is 0 Å². The molecule has 0 amide bonds. The molecule has 0 saturated heterocycles. The molecule has 0 aromatic heterocycles. The van der Waals surface area contributed by atoms with Crippen LogP contribution in [-0.2, 0) is 14.4 Å². The SMILES string of the molecule is O=C(O)[C@@H]1[C@@H]2CC(=O)[C@H](C2)[C@@H]1C(=O)O. The van der Waals surface area contributed by atoms with Crippen LogP contribution in [0.2, 0.25) is 0 Å². The largest absolute Gasteiger partial charge is 0.481 e. The quantitative estimate of drug-likeness (QED) is 0.651. The van der Waals surface area contributed by atoms with Gasteiger partial charge >= 0.3 is 11.9 Å². The van der Waals surface area contributed by atoms with Crippen molar-refractivity contribution in [3.63, 3.8) is 0 Å². The minimum Gasteiger partial charge on any atom is -0.481 e. The maximum Gasteiger partial charge on any atom is 0.308 e. The summed E-state index contributed by atoms with van der Waals surface area (Å²) in [7, 11) is 0. The molecular weight excluding hydrogens is 188 g/mol. The fourth-order valence-electron chi connectivity index (χ4n) is 2.80. The monoisotopic (exact) mass is 198 g/mol. The van der Waals surface area contributed by atoms with Crippen molar-refractivity contribution >= 4 is 17.7 Å². The standard InChI is InChI=1S/C9H10O5/c10-5-2-3-1-4(5)7(9(13)14)6(3)8(11)12/h3-4,6-7H,1-2H2,(H,11,12)(H,13,14)/t3-,4-,6+,7-/m0/s1. The summed E-state index contributed by atoms with van der Waals surface area (Å²) in [5.41, 5.74) is 0. The molecule has 2 rings (SSSR count). The van der Waals surface area contributed by atoms with Crippen LogP contribution in [0.5, 0.6) is 0 Å². The van der Waals surface area contributed by atoms with E-state index in [4.69, 9.17) is 10.2 Å². The number of carbonyl (C=O) groups excluding carboxylic acids is 1. The molecule has 0 aromatic carbocycles. The van der Waals surface area contributed by atoms with Crippen molar-refractivity contribution in [1.29, 1.82) is 0 Å². The fourth-order valence-corrected chi connectivity index (χ4v) is 2.80. The van der Waals surface area contributed by atoms with Gasteiger partial charge < -0.3 is 10.2 Å². The van der Waals surface area contributed by atoms with E-state index in [1.807, 2.05) is 0 Å². The molecule has 2 saturated carbocycles. The van der Waals surface area contributed by atoms with E-state index in [2.05, 4.69) is 0 Å². The third-order valence-corrected chi connectivity index (χ3v) is 3.33. The topological polar surface area (TPSA) is 91.7 Å². The predicted octanol–water partition coefficient (Wildman–Crippen LogP) is -0.00310. The summed E-state index contributed by atoms with van der Waals surface area (Å²) in [6.07, 6.45) is 0.679. The smallest absolute Gasteiger partial charge is 0.308 e. The first-order chi connectivity index (χ1) is 6.52. The summed E-state index contributed by atoms with van der Waals surface area (Å²) in [6, 6.07) is 0. The number of Topliss-reactive ketones (excluding diaryl/α,β-unsaturated/α-hetero) is 1. The van der Waals surface area contributed by atoms with Gasteiger partial charge in [0.15, 0.2) is 0 Å². The molecule has 2 bridgehead atoms. The van der Waals surface area contributed by atoms with Crippen molar-refractivity contribution in [2.45, 2.75) is 12.8 Å². The van der Waals surface area contributed by atoms with Crippen LogP contribution in [-0.4, -0.2) is 27.9 Å². The number of carboxylic acid groups (broad SMARTS) is 2. The Balaban J connectivity index is 2.32. The third-order valence-electron chi connectivity index (χ3n) is 3.33. The molecule has 0 spiro atoms. The number of aliphatic carboxylic acids is 2. The Morgan fingerprint density at radius 1 is 1.14 bits per heavy atom. The lowest BCUT2D eigenvalue weighted by Gasteiger charge is -2.23. The maximum absolute atomic E-state index is 11.3. The summed E-state index contributed by atoms with van der Waals surface area (Å²) < 4.78 is 0. The van der Waals surface area contributed by atoms with E-state index in [1.165, 1.54) is 0 Å². The van der Waals surface area contributed by atoms with Crippen LogP contribution in [0, 0.1) is 23.7 Å². The normalized spacial score (nSPS) is 40.1. The fraction of sp³-hybridized carbons (Fsp3) is 0.667. The van der Waals surface area contributed by atoms with Crippen LogP contribution < -0.4 is 0 Å². The number of carboxylic acids is 2. The Bertz CT molecular complexity index is 321. The molecule has 2 aliphatic carbocycles. The Hall–Kier alpha value is -1.39. The maximum atomic E-state index is 11.3. The first-order valence-electron chi connectivity index (χ1n) is 4.50. The van der Waals surface area contributed by atoms with Crippen LogP contribution >= 0.6 is 0 Å². The van der Waals surface area contributed by atoms with Gasteiger partial charge in [-0.25, -0.2) is 0 Å². The van der Waals surface area contributed by atoms with E-state index < -0.39 is 29.7 Å². The molecule has 2 fully saturated rings. The molecule has 0 radical (unpaired) electrons. The zero-order chi connectivity index (χ0) is 10.5. The molecule has 14 heavy (non-hydrogen) atoms. The number of fused-ring (bicyclic) bond motifs is 2. The second-order valence-electron chi connectivity index (χ2n) is 4.00. The zero-order valence-corrected chi connectivity index (χ0v) is 7.34. The van der Waals surface area contributed by atoms with E-state index in [9.17, 15) is 14.4 Å². The molecule has 5 nitrogen and oxygen atoms in total. The number of rotatable bonds is 2. The van der Waals surface area contributed by atoms with Gasteiger partial charge in [0.2, 0.25) is 0 Å². The van der Waals surface area contributed by atoms with Crippen molar-refractivity contribution in [3.8, 4) is 0 Å². The van der Waals surface area contributed by atoms with Gasteiger partial charge in [-0.15, -0.1) is 0 Å². The molecule has 0 unspecified atom stereocenters. The first-order valence-corrected chi connectivity index (χ1v) is 4.50. The lowest BCUT2D eigenvalue weighted by atomic mass is 9.79. The average Bonchev–Trinajstić information content (AvgIpc) is 2.58. The minimum atomic E-state index is -1.15. The van der Waals surface area contributed by atoms with Crippen LogP contribution in [0.15, 0.2) is 0 Å². The number of hydrogen-bond donors (Lipinski definition) is 2. The Morgan fingerprint density at radius 3 is 2.21 bits per heavy atom. The lowest BCUT2D eigenvalue weighted by Crippen LogP contribution is -2.38. The van der Waals surface area contributed by atoms with Gasteiger partial charge in [0, 0.05) is 12.3 Å². The summed E-state index contributed by atoms with van der Waals surface area (Å²) in [6.45, 7) is 0. The molecule has 0 heterocycles. The van der Waals surface area contributed by atoms with E-state index in [0.29, 0.717) is 6.42 Å². The molecule has 4 atom stereocenters. The third kappa shape index (κ3) is 1.05. The van der Waals surface area contributed by atoms with Gasteiger partial charge in [-0.1, -0.05) is 0 Å². The highest BCUT2D eigenvalue weighted by Gasteiger charge is 2.58. The second-order valence-corrected chi connectivity index (χ2v) is 4.00. The summed E-state index contributed by atoms with van der Waals surface area (Å²) in [5, 5.41) is 17.7. The van der Waals surface area contributed by atoms with Gasteiger partial charge in [-0.3, -0.25) is 14.4 Å². The average molecular weight is 198 g/mol. The van der Waals surface area contributed by atoms with Gasteiger partial charge in [-0.2, -0.15) is 0 Å². The minimum absolute atomic E-state index is 0.0834. The van der Waals surface area contributed by atoms with Gasteiger partial charge in [0.25, 0.3) is 0 Å². The van der Waals surface area contributed by atoms with Crippen molar-refractivity contribution in [2.24, 2.45) is 23.7 Å². The van der Waals surface area contributed by atoms with Gasteiger partial charge in [-0.05, 0) is 12.3 Å². The van der Waals surface area contributed by atoms with Crippen molar-refractivity contribution < 1.29 is 24.6 Å². The summed E-state index contributed by atoms with van der Waals surface area (Å²) >= 11 is 0. The van der Waals surface area contributed by atoms with E-state index in [-0.39, 0.29) is 18.1 Å². The highest BCUT2D eigenvalue weighted by Crippen LogP contribution is 2.50. The van der Waals surface area contributed by atoms with Crippen LogP contribution in [0.3, 0.4) is 0 Å². The van der Waals surface area contributed by atoms with Crippen LogP contribution in [0.25, 0.3) is 0 Å². The van der Waals surface area contributed by atoms with Crippen LogP contribution in [0.4, 0.5) is 0 Å². The molecule has 76 valence electrons. The molecule has 0 aliphatic heterocycles. The molecular formula is C9H10O5. The van der Waals surface area contributed by atoms with E-state index >= 15 is 0 Å². The van der Waals surface area contributed by atoms with Gasteiger partial charge in [0.05, 0.1) is 11.8 Å². The van der Waals surface area contributed by atoms with Gasteiger partial charge in [0.1, 0.15) is 5.78 Å². The van der Waals surface area contributed by atoms with E-state index in [1.54, 1.807) is 0 Å². The summed E-state index contributed by atoms with van der Waals surface area (Å²) in [4.78, 5) is 32.9. The van der Waals surface area contributed by atoms with Crippen molar-refractivity contribution in [2.75, 3.05) is 0 Å². The Kier molecular flexibility index (Phi) is 1.83. The lowest BCUT2D eigenvalue weighted by molar-refractivity contribution is -0.158. The molecule has 5 heteroatoms. The Morgan fingerprint density at radius 2 is 1.71 bits per heavy atom. The molecule has 0 aromatic rings. The molecule has 2 N–H and O–H groups in total. The highest BCUT2D eigenvalue weighted by atomic mass is 16.4. The van der Waals surface area contributed by atoms with Crippen LogP contribution in [0.1, 0.15) is 12.8 Å². The number of carbonyl (C=O) groups is 3. The number of hydrogen-bond acceptors (Lipinski definition) is 3. The summed E-state index contributed by atoms with van der Waals surface area (Å²) in [5.74, 6) is -5.01. The zero-order valence-electron chi connectivity index (χ0n) is 7.34. The van der Waals surface area contributed by atoms with E-state index in [0.717, 1.165) is 0 Å². The predicted molar refractivity (Wildman–Crippen MR) is 43.5 cm³/mol. The first kappa shape index (κ1) is 9.18. The second kappa shape index (κ2) is 2.80. The Labute approximate surface area is 79.7 Å². The van der Waals surface area contributed by atoms with Crippen molar-refractivity contribution in [3.05, 3.63) is 0 Å².